The van der Waals surface area contributed by atoms with E-state index in [1.807, 2.05) is 0 Å². The summed E-state index contributed by atoms with van der Waals surface area (Å²) < 4.78 is 0. The van der Waals surface area contributed by atoms with Crippen LogP contribution < -0.4 is 5.32 Å². The molecule has 0 aromatic rings. The maximum Gasteiger partial charge on any atom is 0.0169 e. The lowest BCUT2D eigenvalue weighted by atomic mass is 10.0. The van der Waals surface area contributed by atoms with Crippen LogP contribution in [0.25, 0.3) is 0 Å². The first-order valence-electron chi connectivity index (χ1n) is 5.99. The van der Waals surface area contributed by atoms with Crippen molar-refractivity contribution in [1.82, 2.24) is 10.2 Å². The molecule has 3 atom stereocenters. The van der Waals surface area contributed by atoms with E-state index in [9.17, 15) is 0 Å². The van der Waals surface area contributed by atoms with Gasteiger partial charge in [-0.3, -0.25) is 4.90 Å². The zero-order valence-electron chi connectivity index (χ0n) is 10.4. The molecule has 1 saturated heterocycles. The van der Waals surface area contributed by atoms with Crippen molar-refractivity contribution in [2.75, 3.05) is 13.1 Å². The van der Waals surface area contributed by atoms with Gasteiger partial charge in [0.15, 0.2) is 0 Å². The van der Waals surface area contributed by atoms with Crippen molar-refractivity contribution >= 4 is 0 Å². The van der Waals surface area contributed by atoms with Crippen molar-refractivity contribution in [1.29, 1.82) is 0 Å². The maximum atomic E-state index is 3.58. The first-order valence-corrected chi connectivity index (χ1v) is 5.99. The third-order valence-corrected chi connectivity index (χ3v) is 3.02. The lowest BCUT2D eigenvalue weighted by Gasteiger charge is -2.40. The second-order valence-electron chi connectivity index (χ2n) is 5.40. The van der Waals surface area contributed by atoms with Gasteiger partial charge in [0.2, 0.25) is 0 Å². The van der Waals surface area contributed by atoms with E-state index >= 15 is 0 Å². The number of rotatable bonds is 3. The van der Waals surface area contributed by atoms with Crippen molar-refractivity contribution in [3.05, 3.63) is 0 Å². The topological polar surface area (TPSA) is 15.3 Å². The highest BCUT2D eigenvalue weighted by Gasteiger charge is 2.24. The summed E-state index contributed by atoms with van der Waals surface area (Å²) in [6.45, 7) is 14.0. The molecule has 1 rings (SSSR count). The maximum absolute atomic E-state index is 3.58. The van der Waals surface area contributed by atoms with Crippen molar-refractivity contribution in [3.8, 4) is 0 Å². The summed E-state index contributed by atoms with van der Waals surface area (Å²) in [7, 11) is 0. The molecule has 0 radical (unpaired) electrons. The third-order valence-electron chi connectivity index (χ3n) is 3.02. The quantitative estimate of drug-likeness (QED) is 0.747. The van der Waals surface area contributed by atoms with Crippen LogP contribution in [-0.2, 0) is 0 Å². The molecule has 0 aromatic carbocycles. The predicted molar refractivity (Wildman–Crippen MR) is 62.5 cm³/mol. The van der Waals surface area contributed by atoms with Gasteiger partial charge in [-0.15, -0.1) is 0 Å². The highest BCUT2D eigenvalue weighted by atomic mass is 15.2. The summed E-state index contributed by atoms with van der Waals surface area (Å²) in [4.78, 5) is 2.63. The van der Waals surface area contributed by atoms with E-state index in [2.05, 4.69) is 44.8 Å². The van der Waals surface area contributed by atoms with Crippen LogP contribution in [0.15, 0.2) is 0 Å². The van der Waals surface area contributed by atoms with E-state index in [0.717, 1.165) is 12.0 Å². The molecule has 2 heteroatoms. The van der Waals surface area contributed by atoms with Crippen LogP contribution in [0.3, 0.4) is 0 Å². The van der Waals surface area contributed by atoms with E-state index in [1.165, 1.54) is 19.5 Å². The molecular formula is C12H26N2. The van der Waals surface area contributed by atoms with Gasteiger partial charge in [0.05, 0.1) is 0 Å². The Balaban J connectivity index is 2.42. The molecule has 1 aliphatic rings. The summed E-state index contributed by atoms with van der Waals surface area (Å²) in [5.74, 6) is 0.811. The van der Waals surface area contributed by atoms with Crippen LogP contribution >= 0.6 is 0 Å². The Bertz CT molecular complexity index is 158. The second kappa shape index (κ2) is 5.13. The molecule has 0 spiro atoms. The van der Waals surface area contributed by atoms with E-state index in [0.29, 0.717) is 12.1 Å². The summed E-state index contributed by atoms with van der Waals surface area (Å²) in [5, 5.41) is 3.58. The zero-order chi connectivity index (χ0) is 10.7. The summed E-state index contributed by atoms with van der Waals surface area (Å²) >= 11 is 0. The van der Waals surface area contributed by atoms with Gasteiger partial charge >= 0.3 is 0 Å². The molecule has 1 heterocycles. The summed E-state index contributed by atoms with van der Waals surface area (Å²) in [5.41, 5.74) is 0. The number of hydrogen-bond acceptors (Lipinski definition) is 2. The highest BCUT2D eigenvalue weighted by molar-refractivity contribution is 4.83. The SMILES string of the molecule is CC(C)CC(C)N1CC(C)NC(C)C1. The van der Waals surface area contributed by atoms with Gasteiger partial charge in [-0.2, -0.15) is 0 Å². The lowest BCUT2D eigenvalue weighted by Crippen LogP contribution is -2.56. The smallest absolute Gasteiger partial charge is 0.0169 e. The van der Waals surface area contributed by atoms with Gasteiger partial charge in [-0.1, -0.05) is 13.8 Å². The standard InChI is InChI=1S/C12H26N2/c1-9(2)6-12(5)14-7-10(3)13-11(4)8-14/h9-13H,6-8H2,1-5H3. The number of piperazine rings is 1. The zero-order valence-corrected chi connectivity index (χ0v) is 10.4. The van der Waals surface area contributed by atoms with E-state index in [4.69, 9.17) is 0 Å². The van der Waals surface area contributed by atoms with Crippen molar-refractivity contribution < 1.29 is 0 Å². The Hall–Kier alpha value is -0.0800. The van der Waals surface area contributed by atoms with Crippen LogP contribution in [0.4, 0.5) is 0 Å². The van der Waals surface area contributed by atoms with Gasteiger partial charge in [0.25, 0.3) is 0 Å². The van der Waals surface area contributed by atoms with E-state index in [1.54, 1.807) is 0 Å². The fourth-order valence-corrected chi connectivity index (χ4v) is 2.56. The van der Waals surface area contributed by atoms with Crippen LogP contribution in [0.2, 0.25) is 0 Å². The molecule has 3 unspecified atom stereocenters. The minimum atomic E-state index is 0.647. The van der Waals surface area contributed by atoms with Gasteiger partial charge in [0.1, 0.15) is 0 Å². The second-order valence-corrected chi connectivity index (χ2v) is 5.40. The Morgan fingerprint density at radius 1 is 1.14 bits per heavy atom. The Morgan fingerprint density at radius 2 is 1.64 bits per heavy atom. The molecule has 14 heavy (non-hydrogen) atoms. The summed E-state index contributed by atoms with van der Waals surface area (Å²) in [6, 6.07) is 2.03. The minimum absolute atomic E-state index is 0.647. The molecule has 1 fully saturated rings. The first kappa shape index (κ1) is 12.0. The van der Waals surface area contributed by atoms with Crippen LogP contribution in [-0.4, -0.2) is 36.1 Å². The fraction of sp³-hybridized carbons (Fsp3) is 1.00. The van der Waals surface area contributed by atoms with E-state index in [-0.39, 0.29) is 0 Å². The molecular weight excluding hydrogens is 172 g/mol. The van der Waals surface area contributed by atoms with E-state index < -0.39 is 0 Å². The van der Waals surface area contributed by atoms with Crippen LogP contribution in [0.1, 0.15) is 41.0 Å². The highest BCUT2D eigenvalue weighted by Crippen LogP contribution is 2.14. The first-order chi connectivity index (χ1) is 6.49. The van der Waals surface area contributed by atoms with Crippen molar-refractivity contribution in [2.45, 2.75) is 59.2 Å². The molecule has 84 valence electrons. The fourth-order valence-electron chi connectivity index (χ4n) is 2.56. The predicted octanol–water partition coefficient (Wildman–Crippen LogP) is 2.10. The summed E-state index contributed by atoms with van der Waals surface area (Å²) in [6.07, 6.45) is 1.32. The van der Waals surface area contributed by atoms with Gasteiger partial charge in [0, 0.05) is 31.2 Å². The van der Waals surface area contributed by atoms with Crippen molar-refractivity contribution in [3.63, 3.8) is 0 Å². The van der Waals surface area contributed by atoms with Crippen LogP contribution in [0.5, 0.6) is 0 Å². The van der Waals surface area contributed by atoms with Gasteiger partial charge in [-0.05, 0) is 33.1 Å². The minimum Gasteiger partial charge on any atom is -0.309 e. The van der Waals surface area contributed by atoms with Crippen LogP contribution in [0, 0.1) is 5.92 Å². The monoisotopic (exact) mass is 198 g/mol. The molecule has 0 saturated carbocycles. The molecule has 0 bridgehead atoms. The van der Waals surface area contributed by atoms with Crippen molar-refractivity contribution in [2.24, 2.45) is 5.92 Å². The molecule has 0 amide bonds. The van der Waals surface area contributed by atoms with Gasteiger partial charge < -0.3 is 5.32 Å². The number of hydrogen-bond donors (Lipinski definition) is 1. The molecule has 0 aromatic heterocycles. The lowest BCUT2D eigenvalue weighted by molar-refractivity contribution is 0.118. The molecule has 1 aliphatic heterocycles. The average molecular weight is 198 g/mol. The average Bonchev–Trinajstić information content (AvgIpc) is 2.00. The number of nitrogens with one attached hydrogen (secondary N) is 1. The number of nitrogens with zero attached hydrogens (tertiary/aromatic N) is 1. The molecule has 2 nitrogen and oxygen atoms in total. The third kappa shape index (κ3) is 3.58. The molecule has 1 N–H and O–H groups in total. The largest absolute Gasteiger partial charge is 0.309 e. The van der Waals surface area contributed by atoms with Gasteiger partial charge in [-0.25, -0.2) is 0 Å². The molecule has 0 aliphatic carbocycles. The normalized spacial score (nSPS) is 32.1. The Labute approximate surface area is 89.1 Å². The Morgan fingerprint density at radius 3 is 2.07 bits per heavy atom. The Kier molecular flexibility index (Phi) is 4.39.